The molecule has 3 nitrogen and oxygen atoms in total. The predicted octanol–water partition coefficient (Wildman–Crippen LogP) is 11.5. The average Bonchev–Trinajstić information content (AvgIpc) is 3.50. The molecule has 3 heteroatoms. The Kier molecular flexibility index (Phi) is 5.00. The zero-order chi connectivity index (χ0) is 29.5. The summed E-state index contributed by atoms with van der Waals surface area (Å²) in [6, 6.07) is 51.3. The van der Waals surface area contributed by atoms with Gasteiger partial charge in [0.2, 0.25) is 0 Å². The zero-order valence-corrected chi connectivity index (χ0v) is 24.2. The highest BCUT2D eigenvalue weighted by atomic mass is 16.3. The molecule has 0 fully saturated rings. The maximum Gasteiger partial charge on any atom is 0.136 e. The molecule has 0 aliphatic carbocycles. The molecular weight excluding hydrogens is 548 g/mol. The third kappa shape index (κ3) is 3.58. The minimum Gasteiger partial charge on any atom is -0.456 e. The molecular formula is C42H24N2O. The fraction of sp³-hybridized carbons (Fsp3) is 0. The normalized spacial score (nSPS) is 12.0. The summed E-state index contributed by atoms with van der Waals surface area (Å²) in [5, 5.41) is 11.8. The molecule has 0 bridgehead atoms. The van der Waals surface area contributed by atoms with Crippen molar-refractivity contribution < 1.29 is 4.42 Å². The number of rotatable bonds is 2. The monoisotopic (exact) mass is 572 g/mol. The van der Waals surface area contributed by atoms with Crippen LogP contribution in [0.4, 0.5) is 0 Å². The van der Waals surface area contributed by atoms with Crippen molar-refractivity contribution in [2.24, 2.45) is 0 Å². The Morgan fingerprint density at radius 2 is 1.07 bits per heavy atom. The summed E-state index contributed by atoms with van der Waals surface area (Å²) in [6.07, 6.45) is 0. The Labute approximate surface area is 258 Å². The van der Waals surface area contributed by atoms with Crippen molar-refractivity contribution in [1.82, 2.24) is 9.97 Å². The van der Waals surface area contributed by atoms with Gasteiger partial charge in [0.05, 0.1) is 22.4 Å². The Balaban J connectivity index is 1.29. The SMILES string of the molecule is c1ccc(-c2nc3ccc4ccccc4c3nc2-c2ccc3c(ccc4ccc5ccc6oc7ccccc7c6c5c43)c2)cc1. The fourth-order valence-electron chi connectivity index (χ4n) is 7.12. The first kappa shape index (κ1) is 24.4. The van der Waals surface area contributed by atoms with Gasteiger partial charge in [-0.1, -0.05) is 121 Å². The summed E-state index contributed by atoms with van der Waals surface area (Å²) in [6.45, 7) is 0. The minimum absolute atomic E-state index is 0.883. The summed E-state index contributed by atoms with van der Waals surface area (Å²) >= 11 is 0. The summed E-state index contributed by atoms with van der Waals surface area (Å²) in [5.74, 6) is 0. The molecule has 10 rings (SSSR count). The van der Waals surface area contributed by atoms with Crippen LogP contribution in [0.15, 0.2) is 150 Å². The first-order valence-corrected chi connectivity index (χ1v) is 15.2. The van der Waals surface area contributed by atoms with Crippen molar-refractivity contribution in [2.45, 2.75) is 0 Å². The number of fused-ring (bicyclic) bond motifs is 12. The predicted molar refractivity (Wildman–Crippen MR) is 188 cm³/mol. The van der Waals surface area contributed by atoms with E-state index >= 15 is 0 Å². The lowest BCUT2D eigenvalue weighted by atomic mass is 9.92. The molecule has 2 aromatic heterocycles. The molecule has 208 valence electrons. The summed E-state index contributed by atoms with van der Waals surface area (Å²) in [7, 11) is 0. The molecule has 0 unspecified atom stereocenters. The lowest BCUT2D eigenvalue weighted by molar-refractivity contribution is 0.669. The van der Waals surface area contributed by atoms with E-state index in [0.717, 1.165) is 66.3 Å². The molecule has 8 aromatic carbocycles. The van der Waals surface area contributed by atoms with Gasteiger partial charge < -0.3 is 4.42 Å². The molecule has 0 saturated carbocycles. The van der Waals surface area contributed by atoms with Crippen molar-refractivity contribution >= 4 is 76.1 Å². The fourth-order valence-corrected chi connectivity index (χ4v) is 7.12. The Hall–Kier alpha value is -6.06. The summed E-state index contributed by atoms with van der Waals surface area (Å²) < 4.78 is 6.30. The quantitative estimate of drug-likeness (QED) is 0.193. The molecule has 0 N–H and O–H groups in total. The van der Waals surface area contributed by atoms with Crippen LogP contribution < -0.4 is 0 Å². The summed E-state index contributed by atoms with van der Waals surface area (Å²) in [5.41, 5.74) is 7.50. The van der Waals surface area contributed by atoms with Gasteiger partial charge in [-0.05, 0) is 56.6 Å². The highest BCUT2D eigenvalue weighted by molar-refractivity contribution is 6.31. The van der Waals surface area contributed by atoms with Crippen molar-refractivity contribution in [3.8, 4) is 22.5 Å². The van der Waals surface area contributed by atoms with Crippen molar-refractivity contribution in [2.75, 3.05) is 0 Å². The maximum atomic E-state index is 6.30. The van der Waals surface area contributed by atoms with Gasteiger partial charge in [-0.2, -0.15) is 0 Å². The Morgan fingerprint density at radius 3 is 1.96 bits per heavy atom. The van der Waals surface area contributed by atoms with E-state index in [9.17, 15) is 0 Å². The number of benzene rings is 8. The van der Waals surface area contributed by atoms with E-state index in [-0.39, 0.29) is 0 Å². The standard InChI is InChI=1S/C42H24N2O/c1-2-9-28(10-3-1)40-41(44-42-32-11-5-4-8-25(32)19-22-34(42)43-40)30-18-21-31-29(24-30)17-16-26-14-15-27-20-23-36-39(38(27)37(26)31)33-12-6-7-13-35(33)45-36/h1-24H. The van der Waals surface area contributed by atoms with E-state index < -0.39 is 0 Å². The van der Waals surface area contributed by atoms with E-state index in [1.165, 1.54) is 32.3 Å². The van der Waals surface area contributed by atoms with Crippen molar-refractivity contribution in [3.05, 3.63) is 146 Å². The number of hydrogen-bond donors (Lipinski definition) is 0. The highest BCUT2D eigenvalue weighted by Gasteiger charge is 2.18. The van der Waals surface area contributed by atoms with Crippen molar-refractivity contribution in [3.63, 3.8) is 0 Å². The van der Waals surface area contributed by atoms with Gasteiger partial charge in [0.25, 0.3) is 0 Å². The molecule has 0 amide bonds. The third-order valence-corrected chi connectivity index (χ3v) is 9.20. The molecule has 0 saturated heterocycles. The van der Waals surface area contributed by atoms with Crippen LogP contribution in [0.2, 0.25) is 0 Å². The Morgan fingerprint density at radius 1 is 0.378 bits per heavy atom. The first-order chi connectivity index (χ1) is 22.3. The van der Waals surface area contributed by atoms with Crippen LogP contribution >= 0.6 is 0 Å². The molecule has 0 aliphatic heterocycles. The van der Waals surface area contributed by atoms with Crippen LogP contribution in [0.3, 0.4) is 0 Å². The molecule has 0 radical (unpaired) electrons. The van der Waals surface area contributed by atoms with E-state index in [1.807, 2.05) is 12.1 Å². The third-order valence-electron chi connectivity index (χ3n) is 9.20. The van der Waals surface area contributed by atoms with Crippen molar-refractivity contribution in [1.29, 1.82) is 0 Å². The van der Waals surface area contributed by atoms with Gasteiger partial charge in [0, 0.05) is 32.7 Å². The molecule has 0 spiro atoms. The van der Waals surface area contributed by atoms with Gasteiger partial charge in [-0.15, -0.1) is 0 Å². The second-order valence-electron chi connectivity index (χ2n) is 11.7. The second-order valence-corrected chi connectivity index (χ2v) is 11.7. The molecule has 0 atom stereocenters. The lowest BCUT2D eigenvalue weighted by Gasteiger charge is -2.14. The van der Waals surface area contributed by atoms with Crippen LogP contribution in [0.25, 0.3) is 98.6 Å². The van der Waals surface area contributed by atoms with E-state index in [4.69, 9.17) is 14.4 Å². The molecule has 10 aromatic rings. The van der Waals surface area contributed by atoms with Gasteiger partial charge in [0.15, 0.2) is 0 Å². The van der Waals surface area contributed by atoms with Crippen LogP contribution in [0, 0.1) is 0 Å². The number of nitrogens with zero attached hydrogens (tertiary/aromatic N) is 2. The molecule has 45 heavy (non-hydrogen) atoms. The molecule has 0 aliphatic rings. The van der Waals surface area contributed by atoms with E-state index in [2.05, 4.69) is 133 Å². The smallest absolute Gasteiger partial charge is 0.136 e. The highest BCUT2D eigenvalue weighted by Crippen LogP contribution is 2.42. The molecule has 2 heterocycles. The number of hydrogen-bond acceptors (Lipinski definition) is 3. The van der Waals surface area contributed by atoms with Gasteiger partial charge in [-0.25, -0.2) is 9.97 Å². The van der Waals surface area contributed by atoms with Gasteiger partial charge in [0.1, 0.15) is 11.2 Å². The second kappa shape index (κ2) is 9.22. The minimum atomic E-state index is 0.883. The first-order valence-electron chi connectivity index (χ1n) is 15.2. The topological polar surface area (TPSA) is 38.9 Å². The van der Waals surface area contributed by atoms with E-state index in [0.29, 0.717) is 0 Å². The van der Waals surface area contributed by atoms with Crippen LogP contribution in [-0.2, 0) is 0 Å². The van der Waals surface area contributed by atoms with Crippen LogP contribution in [0.5, 0.6) is 0 Å². The summed E-state index contributed by atoms with van der Waals surface area (Å²) in [4.78, 5) is 10.6. The number of para-hydroxylation sites is 1. The maximum absolute atomic E-state index is 6.30. The van der Waals surface area contributed by atoms with Crippen LogP contribution in [0.1, 0.15) is 0 Å². The lowest BCUT2D eigenvalue weighted by Crippen LogP contribution is -1.96. The number of aromatic nitrogens is 2. The number of furan rings is 1. The average molecular weight is 573 g/mol. The Bertz CT molecular complexity index is 2810. The van der Waals surface area contributed by atoms with E-state index in [1.54, 1.807) is 0 Å². The van der Waals surface area contributed by atoms with Gasteiger partial charge >= 0.3 is 0 Å². The zero-order valence-electron chi connectivity index (χ0n) is 24.2. The largest absolute Gasteiger partial charge is 0.456 e. The van der Waals surface area contributed by atoms with Crippen LogP contribution in [-0.4, -0.2) is 9.97 Å². The van der Waals surface area contributed by atoms with Gasteiger partial charge in [-0.3, -0.25) is 0 Å².